The number of imidazole rings is 1. The fraction of sp³-hybridized carbons (Fsp3) is 0.545. The molecular formula is C22H28N6O4S. The van der Waals surface area contributed by atoms with Gasteiger partial charge in [0.2, 0.25) is 0 Å². The van der Waals surface area contributed by atoms with Crippen molar-refractivity contribution in [3.63, 3.8) is 0 Å². The zero-order valence-corrected chi connectivity index (χ0v) is 19.7. The molecule has 0 bridgehead atoms. The highest BCUT2D eigenvalue weighted by Crippen LogP contribution is 2.38. The summed E-state index contributed by atoms with van der Waals surface area (Å²) in [5, 5.41) is 8.36. The average Bonchev–Trinajstić information content (AvgIpc) is 3.43. The fourth-order valence-electron chi connectivity index (χ4n) is 5.17. The largest absolute Gasteiger partial charge is 0.452 e. The van der Waals surface area contributed by atoms with Crippen LogP contribution in [-0.2, 0) is 34.0 Å². The van der Waals surface area contributed by atoms with Gasteiger partial charge in [-0.1, -0.05) is 0 Å². The smallest absolute Gasteiger partial charge is 0.414 e. The molecule has 0 spiro atoms. The average molecular weight is 473 g/mol. The van der Waals surface area contributed by atoms with Crippen molar-refractivity contribution in [2.45, 2.75) is 57.7 Å². The van der Waals surface area contributed by atoms with Crippen molar-refractivity contribution in [3.8, 4) is 0 Å². The van der Waals surface area contributed by atoms with E-state index in [4.69, 9.17) is 9.72 Å². The van der Waals surface area contributed by atoms with Crippen LogP contribution in [0.3, 0.4) is 0 Å². The monoisotopic (exact) mass is 472 g/mol. The van der Waals surface area contributed by atoms with Crippen LogP contribution < -0.4 is 4.90 Å². The number of hydrogen-bond donors (Lipinski definition) is 0. The number of aromatic nitrogens is 5. The molecule has 0 N–H and O–H groups in total. The highest BCUT2D eigenvalue weighted by atomic mass is 32.2. The first-order valence-corrected chi connectivity index (χ1v) is 13.1. The molecule has 176 valence electrons. The van der Waals surface area contributed by atoms with Crippen LogP contribution >= 0.6 is 0 Å². The zero-order chi connectivity index (χ0) is 23.2. The van der Waals surface area contributed by atoms with Crippen LogP contribution in [0, 0.1) is 0 Å². The maximum atomic E-state index is 12.5. The lowest BCUT2D eigenvalue weighted by atomic mass is 9.95. The SMILES string of the molecule is COC(=O)N1c2ccc3c(nc(CCn4nccn4)n3C3CCCS(=O)(=O)C3)c2CC[C@@H]1C. The normalized spacial score (nSPS) is 22.3. The van der Waals surface area contributed by atoms with E-state index in [9.17, 15) is 13.2 Å². The number of rotatable bonds is 4. The van der Waals surface area contributed by atoms with E-state index in [0.717, 1.165) is 47.4 Å². The Morgan fingerprint density at radius 2 is 2.00 bits per heavy atom. The van der Waals surface area contributed by atoms with E-state index < -0.39 is 9.84 Å². The van der Waals surface area contributed by atoms with Gasteiger partial charge in [-0.3, -0.25) is 4.90 Å². The minimum absolute atomic E-state index is 0.0262. The number of aryl methyl sites for hydroxylation is 3. The van der Waals surface area contributed by atoms with Crippen molar-refractivity contribution < 1.29 is 17.9 Å². The molecule has 1 saturated heterocycles. The third-order valence-electron chi connectivity index (χ3n) is 6.71. The molecule has 1 aromatic carbocycles. The summed E-state index contributed by atoms with van der Waals surface area (Å²) in [5.41, 5.74) is 3.57. The predicted octanol–water partition coefficient (Wildman–Crippen LogP) is 2.53. The maximum absolute atomic E-state index is 12.5. The second-order valence-corrected chi connectivity index (χ2v) is 11.1. The van der Waals surface area contributed by atoms with Crippen LogP contribution in [0.15, 0.2) is 24.5 Å². The lowest BCUT2D eigenvalue weighted by Gasteiger charge is -2.34. The third-order valence-corrected chi connectivity index (χ3v) is 8.51. The summed E-state index contributed by atoms with van der Waals surface area (Å²) in [6, 6.07) is 3.77. The highest BCUT2D eigenvalue weighted by Gasteiger charge is 2.33. The van der Waals surface area contributed by atoms with E-state index in [1.807, 2.05) is 19.1 Å². The molecule has 2 aromatic heterocycles. The van der Waals surface area contributed by atoms with E-state index >= 15 is 0 Å². The lowest BCUT2D eigenvalue weighted by Crippen LogP contribution is -2.42. The van der Waals surface area contributed by atoms with E-state index in [0.29, 0.717) is 19.4 Å². The summed E-state index contributed by atoms with van der Waals surface area (Å²) >= 11 is 0. The molecule has 10 nitrogen and oxygen atoms in total. The molecule has 2 aliphatic rings. The first-order chi connectivity index (χ1) is 15.9. The number of amides is 1. The van der Waals surface area contributed by atoms with Crippen LogP contribution in [0.4, 0.5) is 10.5 Å². The molecule has 2 aliphatic heterocycles. The van der Waals surface area contributed by atoms with Crippen molar-refractivity contribution in [1.29, 1.82) is 0 Å². The van der Waals surface area contributed by atoms with E-state index in [1.165, 1.54) is 7.11 Å². The molecule has 4 heterocycles. The van der Waals surface area contributed by atoms with Crippen molar-refractivity contribution in [2.24, 2.45) is 0 Å². The summed E-state index contributed by atoms with van der Waals surface area (Å²) in [4.78, 5) is 20.8. The first kappa shape index (κ1) is 21.9. The standard InChI is InChI=1S/C22H28N6O4S/c1-15-5-6-17-18(27(15)22(29)32-2)7-8-19-21(17)25-20(9-12-26-23-10-11-24-26)28(19)16-4-3-13-33(30,31)14-16/h7-8,10-11,15-16H,3-6,9,12-14H2,1-2H3/t15-,16?/m0/s1. The Morgan fingerprint density at radius 1 is 1.21 bits per heavy atom. The highest BCUT2D eigenvalue weighted by molar-refractivity contribution is 7.91. The molecule has 1 amide bonds. The number of sulfone groups is 1. The summed E-state index contributed by atoms with van der Waals surface area (Å²) in [6.45, 7) is 2.56. The lowest BCUT2D eigenvalue weighted by molar-refractivity contribution is 0.175. The number of carbonyl (C=O) groups is 1. The Balaban J connectivity index is 1.63. The number of anilines is 1. The molecule has 1 unspecified atom stereocenters. The molecule has 5 rings (SSSR count). The first-order valence-electron chi connectivity index (χ1n) is 11.3. The zero-order valence-electron chi connectivity index (χ0n) is 18.8. The van der Waals surface area contributed by atoms with Crippen molar-refractivity contribution in [2.75, 3.05) is 23.5 Å². The molecule has 0 saturated carbocycles. The van der Waals surface area contributed by atoms with Gasteiger partial charge in [0.05, 0.1) is 54.3 Å². The minimum Gasteiger partial charge on any atom is -0.452 e. The molecule has 11 heteroatoms. The van der Waals surface area contributed by atoms with Gasteiger partial charge in [-0.2, -0.15) is 15.0 Å². The van der Waals surface area contributed by atoms with Crippen LogP contribution in [0.5, 0.6) is 0 Å². The fourth-order valence-corrected chi connectivity index (χ4v) is 6.84. The molecule has 0 aliphatic carbocycles. The Labute approximate surface area is 192 Å². The van der Waals surface area contributed by atoms with Crippen LogP contribution in [0.1, 0.15) is 43.6 Å². The molecule has 3 aromatic rings. The number of carbonyl (C=O) groups excluding carboxylic acids is 1. The van der Waals surface area contributed by atoms with E-state index in [-0.39, 0.29) is 29.7 Å². The van der Waals surface area contributed by atoms with Gasteiger partial charge in [-0.15, -0.1) is 0 Å². The maximum Gasteiger partial charge on any atom is 0.414 e. The van der Waals surface area contributed by atoms with Gasteiger partial charge in [-0.05, 0) is 44.7 Å². The van der Waals surface area contributed by atoms with Gasteiger partial charge < -0.3 is 9.30 Å². The molecule has 2 atom stereocenters. The predicted molar refractivity (Wildman–Crippen MR) is 123 cm³/mol. The second-order valence-electron chi connectivity index (χ2n) is 8.84. The Hall–Kier alpha value is -2.95. The summed E-state index contributed by atoms with van der Waals surface area (Å²) in [7, 11) is -1.71. The van der Waals surface area contributed by atoms with Crippen molar-refractivity contribution in [3.05, 3.63) is 35.9 Å². The minimum atomic E-state index is -3.10. The van der Waals surface area contributed by atoms with Gasteiger partial charge >= 0.3 is 6.09 Å². The van der Waals surface area contributed by atoms with Gasteiger partial charge in [0.25, 0.3) is 0 Å². The van der Waals surface area contributed by atoms with Crippen molar-refractivity contribution in [1.82, 2.24) is 24.5 Å². The Bertz CT molecular complexity index is 1280. The van der Waals surface area contributed by atoms with Crippen LogP contribution in [-0.4, -0.2) is 63.7 Å². The van der Waals surface area contributed by atoms with Crippen LogP contribution in [0.25, 0.3) is 11.0 Å². The molecular weight excluding hydrogens is 444 g/mol. The van der Waals surface area contributed by atoms with E-state index in [1.54, 1.807) is 22.1 Å². The summed E-state index contributed by atoms with van der Waals surface area (Å²) in [6.07, 6.45) is 6.49. The van der Waals surface area contributed by atoms with E-state index in [2.05, 4.69) is 14.8 Å². The Morgan fingerprint density at radius 3 is 2.73 bits per heavy atom. The number of hydrogen-bond acceptors (Lipinski definition) is 7. The van der Waals surface area contributed by atoms with Crippen LogP contribution in [0.2, 0.25) is 0 Å². The number of ether oxygens (including phenoxy) is 1. The summed E-state index contributed by atoms with van der Waals surface area (Å²) in [5.74, 6) is 1.18. The van der Waals surface area contributed by atoms with Gasteiger partial charge in [0.15, 0.2) is 9.84 Å². The number of methoxy groups -OCH3 is 1. The van der Waals surface area contributed by atoms with Crippen molar-refractivity contribution >= 4 is 32.7 Å². The second kappa shape index (κ2) is 8.44. The number of fused-ring (bicyclic) bond motifs is 3. The van der Waals surface area contributed by atoms with Gasteiger partial charge in [-0.25, -0.2) is 18.2 Å². The Kier molecular flexibility index (Phi) is 5.59. The van der Waals surface area contributed by atoms with Gasteiger partial charge in [0, 0.05) is 24.1 Å². The quantitative estimate of drug-likeness (QED) is 0.573. The summed E-state index contributed by atoms with van der Waals surface area (Å²) < 4.78 is 32.0. The number of benzene rings is 1. The number of nitrogens with zero attached hydrogens (tertiary/aromatic N) is 6. The topological polar surface area (TPSA) is 112 Å². The molecule has 33 heavy (non-hydrogen) atoms. The molecule has 1 fully saturated rings. The molecule has 0 radical (unpaired) electrons. The van der Waals surface area contributed by atoms with Gasteiger partial charge in [0.1, 0.15) is 5.82 Å². The third kappa shape index (κ3) is 3.98.